The summed E-state index contributed by atoms with van der Waals surface area (Å²) in [5, 5.41) is 12.6. The van der Waals surface area contributed by atoms with Gasteiger partial charge in [-0.1, -0.05) is 24.3 Å². The van der Waals surface area contributed by atoms with E-state index in [1.54, 1.807) is 0 Å². The number of aliphatic hydroxyl groups is 1. The largest absolute Gasteiger partial charge is 0.393 e. The van der Waals surface area contributed by atoms with Crippen molar-refractivity contribution in [3.8, 4) is 0 Å². The SMILES string of the molecule is CC(C)OCCC(=O)NCc1ccccc1CN1CCC(O)CC1. The van der Waals surface area contributed by atoms with Crippen molar-refractivity contribution < 1.29 is 14.6 Å². The first-order chi connectivity index (χ1) is 11.5. The molecule has 0 aromatic heterocycles. The van der Waals surface area contributed by atoms with Crippen LogP contribution < -0.4 is 5.32 Å². The fourth-order valence-electron chi connectivity index (χ4n) is 2.87. The van der Waals surface area contributed by atoms with Crippen LogP contribution in [0.1, 0.15) is 44.2 Å². The molecule has 2 rings (SSSR count). The number of likely N-dealkylation sites (tertiary alicyclic amines) is 1. The maximum Gasteiger partial charge on any atom is 0.222 e. The minimum Gasteiger partial charge on any atom is -0.393 e. The van der Waals surface area contributed by atoms with Crippen molar-refractivity contribution in [2.75, 3.05) is 19.7 Å². The van der Waals surface area contributed by atoms with Gasteiger partial charge in [-0.05, 0) is 37.8 Å². The van der Waals surface area contributed by atoms with Crippen LogP contribution in [0, 0.1) is 0 Å². The summed E-state index contributed by atoms with van der Waals surface area (Å²) in [5.41, 5.74) is 2.40. The van der Waals surface area contributed by atoms with Crippen LogP contribution in [0.2, 0.25) is 0 Å². The zero-order chi connectivity index (χ0) is 17.4. The van der Waals surface area contributed by atoms with Gasteiger partial charge in [0.05, 0.1) is 18.8 Å². The van der Waals surface area contributed by atoms with E-state index in [2.05, 4.69) is 22.3 Å². The Labute approximate surface area is 145 Å². The normalized spacial score (nSPS) is 16.5. The molecule has 0 radical (unpaired) electrons. The van der Waals surface area contributed by atoms with Crippen molar-refractivity contribution in [3.05, 3.63) is 35.4 Å². The lowest BCUT2D eigenvalue weighted by Gasteiger charge is -2.30. The highest BCUT2D eigenvalue weighted by Crippen LogP contribution is 2.16. The van der Waals surface area contributed by atoms with Gasteiger partial charge >= 0.3 is 0 Å². The summed E-state index contributed by atoms with van der Waals surface area (Å²) in [6, 6.07) is 8.23. The molecule has 24 heavy (non-hydrogen) atoms. The Balaban J connectivity index is 1.81. The fraction of sp³-hybridized carbons (Fsp3) is 0.632. The molecule has 2 N–H and O–H groups in total. The summed E-state index contributed by atoms with van der Waals surface area (Å²) in [5.74, 6) is 0.0200. The highest BCUT2D eigenvalue weighted by atomic mass is 16.5. The molecule has 0 aliphatic carbocycles. The van der Waals surface area contributed by atoms with E-state index >= 15 is 0 Å². The first-order valence-corrected chi connectivity index (χ1v) is 8.90. The van der Waals surface area contributed by atoms with Crippen LogP contribution in [0.5, 0.6) is 0 Å². The van der Waals surface area contributed by atoms with Gasteiger partial charge in [-0.25, -0.2) is 0 Å². The molecule has 5 nitrogen and oxygen atoms in total. The second-order valence-electron chi connectivity index (χ2n) is 6.72. The van der Waals surface area contributed by atoms with Crippen LogP contribution in [-0.2, 0) is 22.6 Å². The number of hydrogen-bond acceptors (Lipinski definition) is 4. The summed E-state index contributed by atoms with van der Waals surface area (Å²) < 4.78 is 5.41. The minimum absolute atomic E-state index is 0.0200. The van der Waals surface area contributed by atoms with Gasteiger partial charge in [0.2, 0.25) is 5.91 Å². The van der Waals surface area contributed by atoms with E-state index < -0.39 is 0 Å². The Morgan fingerprint density at radius 2 is 1.96 bits per heavy atom. The minimum atomic E-state index is -0.149. The molecular weight excluding hydrogens is 304 g/mol. The second-order valence-corrected chi connectivity index (χ2v) is 6.72. The van der Waals surface area contributed by atoms with Crippen molar-refractivity contribution >= 4 is 5.91 Å². The number of carbonyl (C=O) groups excluding carboxylic acids is 1. The molecule has 1 aromatic carbocycles. The molecule has 134 valence electrons. The molecule has 1 heterocycles. The van der Waals surface area contributed by atoms with Crippen LogP contribution >= 0.6 is 0 Å². The van der Waals surface area contributed by atoms with Crippen LogP contribution in [0.25, 0.3) is 0 Å². The lowest BCUT2D eigenvalue weighted by molar-refractivity contribution is -0.122. The smallest absolute Gasteiger partial charge is 0.222 e. The number of carbonyl (C=O) groups is 1. The summed E-state index contributed by atoms with van der Waals surface area (Å²) >= 11 is 0. The van der Waals surface area contributed by atoms with Crippen molar-refractivity contribution in [2.45, 2.75) is 58.4 Å². The van der Waals surface area contributed by atoms with Gasteiger partial charge < -0.3 is 15.2 Å². The predicted molar refractivity (Wildman–Crippen MR) is 94.5 cm³/mol. The van der Waals surface area contributed by atoms with Crippen molar-refractivity contribution in [3.63, 3.8) is 0 Å². The maximum absolute atomic E-state index is 11.9. The summed E-state index contributed by atoms with van der Waals surface area (Å²) in [7, 11) is 0. The number of nitrogens with zero attached hydrogens (tertiary/aromatic N) is 1. The van der Waals surface area contributed by atoms with Gasteiger partial charge in [-0.2, -0.15) is 0 Å². The highest BCUT2D eigenvalue weighted by Gasteiger charge is 2.17. The van der Waals surface area contributed by atoms with Gasteiger partial charge in [-0.3, -0.25) is 9.69 Å². The molecule has 0 spiro atoms. The van der Waals surface area contributed by atoms with Gasteiger partial charge in [-0.15, -0.1) is 0 Å². The van der Waals surface area contributed by atoms with Crippen LogP contribution in [0.3, 0.4) is 0 Å². The summed E-state index contributed by atoms with van der Waals surface area (Å²) in [6.45, 7) is 7.66. The zero-order valence-electron chi connectivity index (χ0n) is 14.8. The Morgan fingerprint density at radius 3 is 2.62 bits per heavy atom. The molecule has 0 atom stereocenters. The van der Waals surface area contributed by atoms with Crippen molar-refractivity contribution in [2.24, 2.45) is 0 Å². The van der Waals surface area contributed by atoms with Crippen LogP contribution in [0.4, 0.5) is 0 Å². The van der Waals surface area contributed by atoms with Crippen molar-refractivity contribution in [1.29, 1.82) is 0 Å². The van der Waals surface area contributed by atoms with E-state index in [4.69, 9.17) is 4.74 Å². The quantitative estimate of drug-likeness (QED) is 0.764. The predicted octanol–water partition coefficient (Wildman–Crippen LogP) is 2.07. The van der Waals surface area contributed by atoms with Gasteiger partial charge in [0.1, 0.15) is 0 Å². The van der Waals surface area contributed by atoms with Crippen molar-refractivity contribution in [1.82, 2.24) is 10.2 Å². The van der Waals surface area contributed by atoms with E-state index in [9.17, 15) is 9.90 Å². The molecule has 1 aromatic rings. The number of benzene rings is 1. The number of rotatable bonds is 8. The fourth-order valence-corrected chi connectivity index (χ4v) is 2.87. The standard InChI is InChI=1S/C19H30N2O3/c1-15(2)24-12-9-19(23)20-13-16-5-3-4-6-17(16)14-21-10-7-18(22)8-11-21/h3-6,15,18,22H,7-14H2,1-2H3,(H,20,23). The molecular formula is C19H30N2O3. The molecule has 0 unspecified atom stereocenters. The average molecular weight is 334 g/mol. The third kappa shape index (κ3) is 6.59. The number of hydrogen-bond donors (Lipinski definition) is 2. The maximum atomic E-state index is 11.9. The second kappa shape index (κ2) is 9.77. The molecule has 1 amide bonds. The number of ether oxygens (including phenoxy) is 1. The van der Waals surface area contributed by atoms with Gasteiger partial charge in [0.15, 0.2) is 0 Å². The Kier molecular flexibility index (Phi) is 7.69. The first-order valence-electron chi connectivity index (χ1n) is 8.90. The molecule has 0 saturated carbocycles. The highest BCUT2D eigenvalue weighted by molar-refractivity contribution is 5.76. The van der Waals surface area contributed by atoms with Crippen LogP contribution in [-0.4, -0.2) is 47.8 Å². The molecule has 5 heteroatoms. The van der Waals surface area contributed by atoms with E-state index in [1.165, 1.54) is 5.56 Å². The third-order valence-electron chi connectivity index (χ3n) is 4.33. The van der Waals surface area contributed by atoms with E-state index in [0.717, 1.165) is 38.0 Å². The van der Waals surface area contributed by atoms with E-state index in [1.807, 2.05) is 26.0 Å². The van der Waals surface area contributed by atoms with Gasteiger partial charge in [0.25, 0.3) is 0 Å². The first kappa shape index (κ1) is 18.9. The Bertz CT molecular complexity index is 511. The number of aliphatic hydroxyl groups excluding tert-OH is 1. The molecule has 1 aliphatic heterocycles. The Hall–Kier alpha value is -1.43. The molecule has 0 bridgehead atoms. The molecule has 1 aliphatic rings. The molecule has 1 fully saturated rings. The van der Waals surface area contributed by atoms with Gasteiger partial charge in [0, 0.05) is 32.6 Å². The van der Waals surface area contributed by atoms with Crippen LogP contribution in [0.15, 0.2) is 24.3 Å². The summed E-state index contributed by atoms with van der Waals surface area (Å²) in [4.78, 5) is 14.3. The average Bonchev–Trinajstić information content (AvgIpc) is 2.56. The topological polar surface area (TPSA) is 61.8 Å². The monoisotopic (exact) mass is 334 g/mol. The van der Waals surface area contributed by atoms with E-state index in [0.29, 0.717) is 19.6 Å². The lowest BCUT2D eigenvalue weighted by Crippen LogP contribution is -2.35. The number of nitrogens with one attached hydrogen (secondary N) is 1. The Morgan fingerprint density at radius 1 is 1.29 bits per heavy atom. The zero-order valence-corrected chi connectivity index (χ0v) is 14.8. The third-order valence-corrected chi connectivity index (χ3v) is 4.33. The molecule has 1 saturated heterocycles. The lowest BCUT2D eigenvalue weighted by atomic mass is 10.0. The van der Waals surface area contributed by atoms with E-state index in [-0.39, 0.29) is 18.1 Å². The number of piperidine rings is 1. The summed E-state index contributed by atoms with van der Waals surface area (Å²) in [6.07, 6.45) is 2.08. The number of amides is 1.